The first-order chi connectivity index (χ1) is 7.57. The predicted molar refractivity (Wildman–Crippen MR) is 61.5 cm³/mol. The Morgan fingerprint density at radius 3 is 2.69 bits per heavy atom. The van der Waals surface area contributed by atoms with Gasteiger partial charge in [0, 0.05) is 19.2 Å². The Kier molecular flexibility index (Phi) is 3.84. The van der Waals surface area contributed by atoms with Crippen molar-refractivity contribution in [2.24, 2.45) is 11.7 Å². The standard InChI is InChI=1S/C10H20N2O3S/c11-10(8-3-4-8)6-12-16(13,14)7-9-2-1-5-15-9/h8-10,12H,1-7,11H2. The van der Waals surface area contributed by atoms with Gasteiger partial charge in [-0.1, -0.05) is 0 Å². The van der Waals surface area contributed by atoms with E-state index in [1.54, 1.807) is 0 Å². The van der Waals surface area contributed by atoms with Gasteiger partial charge in [0.05, 0.1) is 11.9 Å². The Balaban J connectivity index is 1.73. The molecule has 1 heterocycles. The van der Waals surface area contributed by atoms with Crippen LogP contribution in [0.3, 0.4) is 0 Å². The van der Waals surface area contributed by atoms with Crippen molar-refractivity contribution in [2.75, 3.05) is 18.9 Å². The minimum atomic E-state index is -3.22. The summed E-state index contributed by atoms with van der Waals surface area (Å²) in [4.78, 5) is 0. The lowest BCUT2D eigenvalue weighted by Crippen LogP contribution is -2.41. The predicted octanol–water partition coefficient (Wildman–Crippen LogP) is -0.178. The lowest BCUT2D eigenvalue weighted by molar-refractivity contribution is 0.127. The van der Waals surface area contributed by atoms with Crippen molar-refractivity contribution < 1.29 is 13.2 Å². The number of rotatable bonds is 6. The molecule has 2 fully saturated rings. The van der Waals surface area contributed by atoms with Gasteiger partial charge in [0.25, 0.3) is 0 Å². The molecule has 0 bridgehead atoms. The highest BCUT2D eigenvalue weighted by Crippen LogP contribution is 2.31. The van der Waals surface area contributed by atoms with Crippen molar-refractivity contribution in [1.82, 2.24) is 4.72 Å². The highest BCUT2D eigenvalue weighted by molar-refractivity contribution is 7.89. The minimum Gasteiger partial charge on any atom is -0.377 e. The van der Waals surface area contributed by atoms with Gasteiger partial charge in [-0.05, 0) is 31.6 Å². The van der Waals surface area contributed by atoms with E-state index in [0.717, 1.165) is 25.7 Å². The van der Waals surface area contributed by atoms with Crippen LogP contribution in [0.1, 0.15) is 25.7 Å². The number of hydrogen-bond donors (Lipinski definition) is 2. The molecule has 0 aromatic rings. The Morgan fingerprint density at radius 1 is 1.38 bits per heavy atom. The molecule has 0 aromatic heterocycles. The van der Waals surface area contributed by atoms with Crippen molar-refractivity contribution in [3.05, 3.63) is 0 Å². The van der Waals surface area contributed by atoms with Crippen LogP contribution in [-0.4, -0.2) is 39.5 Å². The first-order valence-corrected chi connectivity index (χ1v) is 7.56. The summed E-state index contributed by atoms with van der Waals surface area (Å²) in [7, 11) is -3.22. The summed E-state index contributed by atoms with van der Waals surface area (Å²) < 4.78 is 31.3. The van der Waals surface area contributed by atoms with E-state index in [0.29, 0.717) is 19.1 Å². The van der Waals surface area contributed by atoms with Crippen LogP contribution in [0, 0.1) is 5.92 Å². The zero-order valence-corrected chi connectivity index (χ0v) is 10.2. The van der Waals surface area contributed by atoms with Crippen LogP contribution < -0.4 is 10.5 Å². The quantitative estimate of drug-likeness (QED) is 0.683. The van der Waals surface area contributed by atoms with E-state index in [-0.39, 0.29) is 17.9 Å². The summed E-state index contributed by atoms with van der Waals surface area (Å²) in [5, 5.41) is 0. The number of nitrogens with one attached hydrogen (secondary N) is 1. The molecule has 1 saturated carbocycles. The van der Waals surface area contributed by atoms with Gasteiger partial charge < -0.3 is 10.5 Å². The summed E-state index contributed by atoms with van der Waals surface area (Å²) >= 11 is 0. The summed E-state index contributed by atoms with van der Waals surface area (Å²) in [6, 6.07) is -0.0285. The summed E-state index contributed by atoms with van der Waals surface area (Å²) in [6.45, 7) is 1.04. The van der Waals surface area contributed by atoms with Gasteiger partial charge in [0.1, 0.15) is 0 Å². The van der Waals surface area contributed by atoms with E-state index >= 15 is 0 Å². The van der Waals surface area contributed by atoms with Crippen LogP contribution >= 0.6 is 0 Å². The average molecular weight is 248 g/mol. The number of hydrogen-bond acceptors (Lipinski definition) is 4. The van der Waals surface area contributed by atoms with E-state index in [9.17, 15) is 8.42 Å². The molecule has 2 aliphatic rings. The molecule has 2 atom stereocenters. The first kappa shape index (κ1) is 12.3. The highest BCUT2D eigenvalue weighted by Gasteiger charge is 2.30. The summed E-state index contributed by atoms with van der Waals surface area (Å²) in [5.41, 5.74) is 5.84. The summed E-state index contributed by atoms with van der Waals surface area (Å²) in [5.74, 6) is 0.593. The molecular formula is C10H20N2O3S. The molecule has 3 N–H and O–H groups in total. The average Bonchev–Trinajstić information content (AvgIpc) is 2.96. The summed E-state index contributed by atoms with van der Waals surface area (Å²) in [6.07, 6.45) is 3.94. The lowest BCUT2D eigenvalue weighted by Gasteiger charge is -2.14. The van der Waals surface area contributed by atoms with Crippen LogP contribution in [0.15, 0.2) is 0 Å². The lowest BCUT2D eigenvalue weighted by atomic mass is 10.2. The molecular weight excluding hydrogens is 228 g/mol. The van der Waals surface area contributed by atoms with Gasteiger partial charge in [-0.2, -0.15) is 0 Å². The molecule has 1 aliphatic carbocycles. The van der Waals surface area contributed by atoms with E-state index in [2.05, 4.69) is 4.72 Å². The molecule has 0 radical (unpaired) electrons. The molecule has 1 saturated heterocycles. The van der Waals surface area contributed by atoms with Gasteiger partial charge in [0.15, 0.2) is 0 Å². The second-order valence-corrected chi connectivity index (χ2v) is 6.62. The van der Waals surface area contributed by atoms with Crippen molar-refractivity contribution in [3.8, 4) is 0 Å². The maximum Gasteiger partial charge on any atom is 0.214 e. The second-order valence-electron chi connectivity index (χ2n) is 4.77. The third-order valence-corrected chi connectivity index (χ3v) is 4.61. The van der Waals surface area contributed by atoms with Crippen LogP contribution in [0.25, 0.3) is 0 Å². The fourth-order valence-corrected chi connectivity index (χ4v) is 3.31. The van der Waals surface area contributed by atoms with Crippen molar-refractivity contribution in [3.63, 3.8) is 0 Å². The zero-order chi connectivity index (χ0) is 11.6. The monoisotopic (exact) mass is 248 g/mol. The Morgan fingerprint density at radius 2 is 2.12 bits per heavy atom. The molecule has 0 aromatic carbocycles. The minimum absolute atomic E-state index is 0.0285. The third-order valence-electron chi connectivity index (χ3n) is 3.20. The van der Waals surface area contributed by atoms with Crippen molar-refractivity contribution in [1.29, 1.82) is 0 Å². The number of sulfonamides is 1. The highest BCUT2D eigenvalue weighted by atomic mass is 32.2. The molecule has 0 spiro atoms. The van der Waals surface area contributed by atoms with Crippen LogP contribution in [0.5, 0.6) is 0 Å². The van der Waals surface area contributed by atoms with Crippen LogP contribution in [-0.2, 0) is 14.8 Å². The Bertz CT molecular complexity index is 321. The van der Waals surface area contributed by atoms with Crippen molar-refractivity contribution >= 4 is 10.0 Å². The van der Waals surface area contributed by atoms with E-state index in [1.807, 2.05) is 0 Å². The molecule has 0 amide bonds. The van der Waals surface area contributed by atoms with Crippen LogP contribution in [0.4, 0.5) is 0 Å². The molecule has 94 valence electrons. The smallest absolute Gasteiger partial charge is 0.214 e. The molecule has 1 aliphatic heterocycles. The third kappa shape index (κ3) is 3.69. The van der Waals surface area contributed by atoms with E-state index in [4.69, 9.17) is 10.5 Å². The van der Waals surface area contributed by atoms with Crippen LogP contribution in [0.2, 0.25) is 0 Å². The van der Waals surface area contributed by atoms with Gasteiger partial charge in [-0.3, -0.25) is 0 Å². The van der Waals surface area contributed by atoms with Crippen molar-refractivity contribution in [2.45, 2.75) is 37.8 Å². The first-order valence-electron chi connectivity index (χ1n) is 5.91. The molecule has 16 heavy (non-hydrogen) atoms. The Hall–Kier alpha value is -0.170. The zero-order valence-electron chi connectivity index (χ0n) is 9.39. The van der Waals surface area contributed by atoms with Gasteiger partial charge >= 0.3 is 0 Å². The molecule has 5 nitrogen and oxygen atoms in total. The van der Waals surface area contributed by atoms with Gasteiger partial charge in [0.2, 0.25) is 10.0 Å². The Labute approximate surface area is 96.8 Å². The van der Waals surface area contributed by atoms with Gasteiger partial charge in [-0.25, -0.2) is 13.1 Å². The number of nitrogens with two attached hydrogens (primary N) is 1. The molecule has 2 rings (SSSR count). The fourth-order valence-electron chi connectivity index (χ4n) is 1.99. The van der Waals surface area contributed by atoms with Gasteiger partial charge in [-0.15, -0.1) is 0 Å². The largest absolute Gasteiger partial charge is 0.377 e. The maximum atomic E-state index is 11.7. The molecule has 6 heteroatoms. The van der Waals surface area contributed by atoms with E-state index < -0.39 is 10.0 Å². The number of ether oxygens (including phenoxy) is 1. The fraction of sp³-hybridized carbons (Fsp3) is 1.00. The maximum absolute atomic E-state index is 11.7. The molecule has 2 unspecified atom stereocenters. The topological polar surface area (TPSA) is 81.4 Å². The second kappa shape index (κ2) is 5.00. The normalized spacial score (nSPS) is 28.2. The SMILES string of the molecule is NC(CNS(=O)(=O)CC1CCCO1)C1CC1. The van der Waals surface area contributed by atoms with E-state index in [1.165, 1.54) is 0 Å².